The predicted octanol–water partition coefficient (Wildman–Crippen LogP) is 1.10. The van der Waals surface area contributed by atoms with Crippen LogP contribution in [0.5, 0.6) is 0 Å². The second-order valence-electron chi connectivity index (χ2n) is 3.41. The zero-order chi connectivity index (χ0) is 9.10. The number of aromatic nitrogens is 2. The first-order chi connectivity index (χ1) is 6.40. The third-order valence-corrected chi connectivity index (χ3v) is 2.17. The van der Waals surface area contributed by atoms with Crippen LogP contribution >= 0.6 is 0 Å². The lowest BCUT2D eigenvalue weighted by Gasteiger charge is -1.95. The van der Waals surface area contributed by atoms with Crippen LogP contribution in [0.3, 0.4) is 0 Å². The lowest BCUT2D eigenvalue weighted by molar-refractivity contribution is 0.446. The van der Waals surface area contributed by atoms with Gasteiger partial charge in [0.15, 0.2) is 0 Å². The van der Waals surface area contributed by atoms with Crippen molar-refractivity contribution in [2.45, 2.75) is 32.1 Å². The number of hydrogen-bond donors (Lipinski definition) is 1. The molecular formula is C9H15N3O. The van der Waals surface area contributed by atoms with Crippen LogP contribution in [0.15, 0.2) is 4.42 Å². The molecule has 0 aromatic carbocycles. The van der Waals surface area contributed by atoms with Crippen molar-refractivity contribution in [1.82, 2.24) is 15.5 Å². The molecule has 0 saturated heterocycles. The molecule has 13 heavy (non-hydrogen) atoms. The Labute approximate surface area is 77.7 Å². The maximum atomic E-state index is 5.49. The van der Waals surface area contributed by atoms with Gasteiger partial charge in [-0.15, -0.1) is 10.2 Å². The van der Waals surface area contributed by atoms with E-state index >= 15 is 0 Å². The number of nitrogens with one attached hydrogen (secondary N) is 1. The quantitative estimate of drug-likeness (QED) is 0.691. The summed E-state index contributed by atoms with van der Waals surface area (Å²) in [6.45, 7) is 4.00. The van der Waals surface area contributed by atoms with E-state index in [9.17, 15) is 0 Å². The Bertz CT molecular complexity index is 268. The minimum absolute atomic E-state index is 0.570. The fourth-order valence-corrected chi connectivity index (χ4v) is 1.23. The summed E-state index contributed by atoms with van der Waals surface area (Å²) in [4.78, 5) is 0. The second kappa shape index (κ2) is 3.87. The predicted molar refractivity (Wildman–Crippen MR) is 48.5 cm³/mol. The average molecular weight is 181 g/mol. The normalized spacial score (nSPS) is 16.4. The van der Waals surface area contributed by atoms with Crippen LogP contribution in [-0.2, 0) is 6.42 Å². The van der Waals surface area contributed by atoms with Gasteiger partial charge < -0.3 is 9.73 Å². The largest absolute Gasteiger partial charge is 0.425 e. The topological polar surface area (TPSA) is 51.0 Å². The van der Waals surface area contributed by atoms with Crippen LogP contribution in [0, 0.1) is 0 Å². The third kappa shape index (κ3) is 2.28. The molecule has 4 heteroatoms. The lowest BCUT2D eigenvalue weighted by atomic mass is 10.4. The van der Waals surface area contributed by atoms with Crippen molar-refractivity contribution in [2.75, 3.05) is 13.1 Å². The van der Waals surface area contributed by atoms with Gasteiger partial charge in [-0.25, -0.2) is 0 Å². The number of rotatable bonds is 5. The molecule has 0 unspecified atom stereocenters. The minimum Gasteiger partial charge on any atom is -0.425 e. The molecule has 1 aliphatic rings. The Hall–Kier alpha value is -0.900. The van der Waals surface area contributed by atoms with E-state index in [1.165, 1.54) is 12.8 Å². The Morgan fingerprint density at radius 2 is 2.31 bits per heavy atom. The van der Waals surface area contributed by atoms with Crippen LogP contribution in [0.1, 0.15) is 37.5 Å². The Balaban J connectivity index is 1.82. The van der Waals surface area contributed by atoms with Gasteiger partial charge in [-0.1, -0.05) is 6.92 Å². The summed E-state index contributed by atoms with van der Waals surface area (Å²) in [7, 11) is 0. The molecule has 0 atom stereocenters. The van der Waals surface area contributed by atoms with E-state index in [2.05, 4.69) is 22.4 Å². The molecule has 2 rings (SSSR count). The van der Waals surface area contributed by atoms with E-state index in [1.54, 1.807) is 0 Å². The summed E-state index contributed by atoms with van der Waals surface area (Å²) in [5, 5.41) is 11.2. The average Bonchev–Trinajstić information content (AvgIpc) is 2.88. The zero-order valence-electron chi connectivity index (χ0n) is 7.92. The maximum absolute atomic E-state index is 5.49. The lowest BCUT2D eigenvalue weighted by Crippen LogP contribution is -2.16. The van der Waals surface area contributed by atoms with E-state index in [0.29, 0.717) is 5.92 Å². The fourth-order valence-electron chi connectivity index (χ4n) is 1.23. The number of hydrogen-bond acceptors (Lipinski definition) is 4. The van der Waals surface area contributed by atoms with Crippen molar-refractivity contribution < 1.29 is 4.42 Å². The highest BCUT2D eigenvalue weighted by Crippen LogP contribution is 2.38. The Morgan fingerprint density at radius 1 is 1.46 bits per heavy atom. The molecule has 1 aromatic rings. The van der Waals surface area contributed by atoms with Crippen LogP contribution in [0.25, 0.3) is 0 Å². The SMILES string of the molecule is CCNCCc1nnc(C2CC2)o1. The van der Waals surface area contributed by atoms with Gasteiger partial charge in [0, 0.05) is 18.9 Å². The van der Waals surface area contributed by atoms with Gasteiger partial charge in [0.2, 0.25) is 11.8 Å². The summed E-state index contributed by atoms with van der Waals surface area (Å²) in [6, 6.07) is 0. The molecule has 1 fully saturated rings. The summed E-state index contributed by atoms with van der Waals surface area (Å²) < 4.78 is 5.49. The molecule has 0 spiro atoms. The highest BCUT2D eigenvalue weighted by molar-refractivity contribution is 5.00. The van der Waals surface area contributed by atoms with Gasteiger partial charge in [-0.3, -0.25) is 0 Å². The molecule has 1 aromatic heterocycles. The molecule has 1 heterocycles. The van der Waals surface area contributed by atoms with Crippen LogP contribution in [-0.4, -0.2) is 23.3 Å². The van der Waals surface area contributed by atoms with Crippen molar-refractivity contribution in [2.24, 2.45) is 0 Å². The van der Waals surface area contributed by atoms with Crippen molar-refractivity contribution in [3.63, 3.8) is 0 Å². The first-order valence-electron chi connectivity index (χ1n) is 4.93. The standard InChI is InChI=1S/C9H15N3O/c1-2-10-6-5-8-11-12-9(13-8)7-3-4-7/h7,10H,2-6H2,1H3. The van der Waals surface area contributed by atoms with Gasteiger partial charge in [0.25, 0.3) is 0 Å². The summed E-state index contributed by atoms with van der Waals surface area (Å²) >= 11 is 0. The molecule has 0 aliphatic heterocycles. The molecule has 0 radical (unpaired) electrons. The first kappa shape index (κ1) is 8.69. The highest BCUT2D eigenvalue weighted by Gasteiger charge is 2.29. The summed E-state index contributed by atoms with van der Waals surface area (Å²) in [5.41, 5.74) is 0. The van der Waals surface area contributed by atoms with E-state index in [0.717, 1.165) is 31.3 Å². The van der Waals surface area contributed by atoms with Crippen molar-refractivity contribution in [1.29, 1.82) is 0 Å². The van der Waals surface area contributed by atoms with Crippen LogP contribution < -0.4 is 5.32 Å². The van der Waals surface area contributed by atoms with Gasteiger partial charge in [-0.05, 0) is 19.4 Å². The number of nitrogens with zero attached hydrogens (tertiary/aromatic N) is 2. The molecule has 0 amide bonds. The highest BCUT2D eigenvalue weighted by atomic mass is 16.4. The second-order valence-corrected chi connectivity index (χ2v) is 3.41. The Morgan fingerprint density at radius 3 is 3.00 bits per heavy atom. The first-order valence-corrected chi connectivity index (χ1v) is 4.93. The van der Waals surface area contributed by atoms with Gasteiger partial charge in [0.05, 0.1) is 0 Å². The van der Waals surface area contributed by atoms with Crippen LogP contribution in [0.4, 0.5) is 0 Å². The molecular weight excluding hydrogens is 166 g/mol. The smallest absolute Gasteiger partial charge is 0.219 e. The maximum Gasteiger partial charge on any atom is 0.219 e. The van der Waals surface area contributed by atoms with Crippen LogP contribution in [0.2, 0.25) is 0 Å². The van der Waals surface area contributed by atoms with Gasteiger partial charge in [-0.2, -0.15) is 0 Å². The third-order valence-electron chi connectivity index (χ3n) is 2.17. The van der Waals surface area contributed by atoms with E-state index in [1.807, 2.05) is 0 Å². The summed E-state index contributed by atoms with van der Waals surface area (Å²) in [5.74, 6) is 2.18. The fraction of sp³-hybridized carbons (Fsp3) is 0.778. The summed E-state index contributed by atoms with van der Waals surface area (Å²) in [6.07, 6.45) is 3.28. The Kier molecular flexibility index (Phi) is 2.59. The molecule has 1 saturated carbocycles. The van der Waals surface area contributed by atoms with Crippen molar-refractivity contribution >= 4 is 0 Å². The molecule has 4 nitrogen and oxygen atoms in total. The van der Waals surface area contributed by atoms with Gasteiger partial charge >= 0.3 is 0 Å². The molecule has 72 valence electrons. The van der Waals surface area contributed by atoms with Crippen molar-refractivity contribution in [3.05, 3.63) is 11.8 Å². The van der Waals surface area contributed by atoms with E-state index < -0.39 is 0 Å². The number of likely N-dealkylation sites (N-methyl/N-ethyl adjacent to an activating group) is 1. The zero-order valence-corrected chi connectivity index (χ0v) is 7.92. The molecule has 1 N–H and O–H groups in total. The van der Waals surface area contributed by atoms with E-state index in [-0.39, 0.29) is 0 Å². The van der Waals surface area contributed by atoms with E-state index in [4.69, 9.17) is 4.42 Å². The van der Waals surface area contributed by atoms with Gasteiger partial charge in [0.1, 0.15) is 0 Å². The molecule has 1 aliphatic carbocycles. The minimum atomic E-state index is 0.570. The van der Waals surface area contributed by atoms with Crippen molar-refractivity contribution in [3.8, 4) is 0 Å². The molecule has 0 bridgehead atoms. The monoisotopic (exact) mass is 181 g/mol.